The van der Waals surface area contributed by atoms with Crippen LogP contribution in [-0.2, 0) is 14.3 Å². The summed E-state index contributed by atoms with van der Waals surface area (Å²) in [5.41, 5.74) is -0.242. The van der Waals surface area contributed by atoms with E-state index < -0.39 is 46.4 Å². The van der Waals surface area contributed by atoms with Gasteiger partial charge in [-0.25, -0.2) is 18.8 Å². The lowest BCUT2D eigenvalue weighted by Crippen LogP contribution is -2.37. The highest BCUT2D eigenvalue weighted by Gasteiger charge is 2.49. The molecule has 1 aliphatic heterocycles. The first kappa shape index (κ1) is 25.1. The van der Waals surface area contributed by atoms with Crippen molar-refractivity contribution >= 4 is 35.4 Å². The number of alkyl halides is 1. The van der Waals surface area contributed by atoms with E-state index in [0.717, 1.165) is 16.3 Å². The first-order chi connectivity index (χ1) is 17.3. The van der Waals surface area contributed by atoms with Gasteiger partial charge in [-0.15, -0.1) is 11.8 Å². The van der Waals surface area contributed by atoms with Crippen molar-refractivity contribution in [3.05, 3.63) is 94.5 Å². The van der Waals surface area contributed by atoms with Crippen LogP contribution >= 0.6 is 11.8 Å². The van der Waals surface area contributed by atoms with Crippen LogP contribution in [0.2, 0.25) is 0 Å². The predicted octanol–water partition coefficient (Wildman–Crippen LogP) is 3.24. The molecule has 9 nitrogen and oxygen atoms in total. The van der Waals surface area contributed by atoms with Crippen molar-refractivity contribution < 1.29 is 28.2 Å². The van der Waals surface area contributed by atoms with Crippen LogP contribution in [0.25, 0.3) is 0 Å². The maximum absolute atomic E-state index is 15.7. The van der Waals surface area contributed by atoms with E-state index >= 15 is 4.39 Å². The van der Waals surface area contributed by atoms with Gasteiger partial charge in [0.05, 0.1) is 16.4 Å². The zero-order valence-corrected chi connectivity index (χ0v) is 19.9. The quantitative estimate of drug-likeness (QED) is 0.481. The normalized spacial score (nSPS) is 20.9. The second kappa shape index (κ2) is 11.2. The monoisotopic (exact) mass is 511 g/mol. The molecule has 36 heavy (non-hydrogen) atoms. The maximum atomic E-state index is 15.7. The molecule has 2 heterocycles. The van der Waals surface area contributed by atoms with E-state index in [1.54, 1.807) is 48.5 Å². The minimum absolute atomic E-state index is 0.0301. The Balaban J connectivity index is 1.56. The average molecular weight is 512 g/mol. The number of aromatic nitrogens is 2. The summed E-state index contributed by atoms with van der Waals surface area (Å²) in [5.74, 6) is -1.73. The Bertz CT molecular complexity index is 1300. The van der Waals surface area contributed by atoms with Gasteiger partial charge >= 0.3 is 17.6 Å². The minimum atomic E-state index is -1.81. The molecule has 0 aliphatic carbocycles. The number of hydrogen-bond donors (Lipinski definition) is 1. The first-order valence-corrected chi connectivity index (χ1v) is 11.9. The number of ether oxygens (including phenoxy) is 2. The van der Waals surface area contributed by atoms with Gasteiger partial charge in [0.25, 0.3) is 0 Å². The highest BCUT2D eigenvalue weighted by atomic mass is 32.2. The maximum Gasteiger partial charge on any atom is 0.350 e. The molecule has 186 valence electrons. The molecule has 1 amide bonds. The molecule has 1 fully saturated rings. The lowest BCUT2D eigenvalue weighted by molar-refractivity contribution is -0.114. The van der Waals surface area contributed by atoms with Crippen molar-refractivity contribution in [3.8, 4) is 0 Å². The number of amides is 1. The Morgan fingerprint density at radius 2 is 1.61 bits per heavy atom. The summed E-state index contributed by atoms with van der Waals surface area (Å²) < 4.78 is 27.7. The molecule has 0 bridgehead atoms. The van der Waals surface area contributed by atoms with E-state index in [2.05, 4.69) is 10.3 Å². The fraction of sp³-hybridized carbons (Fsp3) is 0.240. The number of anilines is 1. The molecule has 0 spiro atoms. The summed E-state index contributed by atoms with van der Waals surface area (Å²) in [6.07, 6.45) is -1.81. The van der Waals surface area contributed by atoms with Crippen LogP contribution in [-0.4, -0.2) is 51.5 Å². The summed E-state index contributed by atoms with van der Waals surface area (Å²) in [5, 5.41) is 0.489. The third-order valence-electron chi connectivity index (χ3n) is 5.32. The predicted molar refractivity (Wildman–Crippen MR) is 130 cm³/mol. The van der Waals surface area contributed by atoms with E-state index in [0.29, 0.717) is 5.56 Å². The smallest absolute Gasteiger partial charge is 0.350 e. The lowest BCUT2D eigenvalue weighted by Gasteiger charge is -2.21. The zero-order chi connectivity index (χ0) is 25.7. The van der Waals surface area contributed by atoms with Gasteiger partial charge in [0.15, 0.2) is 12.3 Å². The molecule has 1 aromatic heterocycles. The van der Waals surface area contributed by atoms with E-state index in [9.17, 15) is 19.2 Å². The summed E-state index contributed by atoms with van der Waals surface area (Å²) in [6, 6.07) is 17.8. The van der Waals surface area contributed by atoms with Gasteiger partial charge in [-0.2, -0.15) is 4.98 Å². The molecule has 4 rings (SSSR count). The number of nitrogens with zero attached hydrogens (tertiary/aromatic N) is 2. The third kappa shape index (κ3) is 5.80. The van der Waals surface area contributed by atoms with Crippen LogP contribution in [0.4, 0.5) is 10.2 Å². The average Bonchev–Trinajstić information content (AvgIpc) is 3.18. The largest absolute Gasteiger partial charge is 0.461 e. The van der Waals surface area contributed by atoms with E-state index in [-0.39, 0.29) is 18.0 Å². The number of carbonyl (C=O) groups is 3. The highest BCUT2D eigenvalue weighted by Crippen LogP contribution is 2.45. The number of hydrogen-bond acceptors (Lipinski definition) is 8. The molecule has 1 saturated heterocycles. The molecular formula is C25H22FN3O6S. The van der Waals surface area contributed by atoms with Crippen LogP contribution < -0.4 is 11.0 Å². The molecule has 0 unspecified atom stereocenters. The minimum Gasteiger partial charge on any atom is -0.461 e. The standard InChI is InChI=1S/C25H22FN3O6S/c1-15(30)27-19-12-13-29(25(33)28-19)22-20(26)21(35-24(32)17-10-6-3-7-11-17)18(36-22)14-34-23(31)16-8-4-2-5-9-16/h2-13,18,20-22H,14H2,1H3,(H,27,28,30,33)/t18-,20-,21-,22-/m1/s1. The summed E-state index contributed by atoms with van der Waals surface area (Å²) in [7, 11) is 0. The Morgan fingerprint density at radius 3 is 2.19 bits per heavy atom. The van der Waals surface area contributed by atoms with Gasteiger partial charge in [0, 0.05) is 13.1 Å². The Hall–Kier alpha value is -3.99. The number of benzene rings is 2. The van der Waals surface area contributed by atoms with Crippen LogP contribution in [0.5, 0.6) is 0 Å². The fourth-order valence-corrected chi connectivity index (χ4v) is 5.09. The molecule has 0 radical (unpaired) electrons. The molecule has 3 aromatic rings. The van der Waals surface area contributed by atoms with Crippen molar-refractivity contribution in [2.24, 2.45) is 0 Å². The van der Waals surface area contributed by atoms with Gasteiger partial charge in [-0.1, -0.05) is 36.4 Å². The summed E-state index contributed by atoms with van der Waals surface area (Å²) >= 11 is 0.994. The van der Waals surface area contributed by atoms with Gasteiger partial charge in [0.2, 0.25) is 5.91 Å². The van der Waals surface area contributed by atoms with Crippen LogP contribution in [0, 0.1) is 0 Å². The van der Waals surface area contributed by atoms with Crippen molar-refractivity contribution in [2.45, 2.75) is 29.8 Å². The van der Waals surface area contributed by atoms with Crippen molar-refractivity contribution in [1.29, 1.82) is 0 Å². The van der Waals surface area contributed by atoms with Crippen LogP contribution in [0.1, 0.15) is 33.0 Å². The van der Waals surface area contributed by atoms with E-state index in [4.69, 9.17) is 9.47 Å². The molecular weight excluding hydrogens is 489 g/mol. The second-order valence-corrected chi connectivity index (χ2v) is 9.25. The fourth-order valence-electron chi connectivity index (χ4n) is 3.63. The van der Waals surface area contributed by atoms with Crippen molar-refractivity contribution in [3.63, 3.8) is 0 Å². The molecule has 11 heteroatoms. The number of halogens is 1. The van der Waals surface area contributed by atoms with Gasteiger partial charge in [-0.3, -0.25) is 9.36 Å². The Kier molecular flexibility index (Phi) is 7.79. The number of esters is 2. The molecule has 0 saturated carbocycles. The zero-order valence-electron chi connectivity index (χ0n) is 19.1. The first-order valence-electron chi connectivity index (χ1n) is 11.0. The van der Waals surface area contributed by atoms with Crippen LogP contribution in [0.15, 0.2) is 77.7 Å². The van der Waals surface area contributed by atoms with E-state index in [1.165, 1.54) is 31.3 Å². The highest BCUT2D eigenvalue weighted by molar-refractivity contribution is 8.00. The van der Waals surface area contributed by atoms with Crippen molar-refractivity contribution in [2.75, 3.05) is 11.9 Å². The number of rotatable bonds is 7. The van der Waals surface area contributed by atoms with Crippen LogP contribution in [0.3, 0.4) is 0 Å². The number of thioether (sulfide) groups is 1. The third-order valence-corrected chi connectivity index (χ3v) is 6.84. The van der Waals surface area contributed by atoms with Gasteiger partial charge in [-0.05, 0) is 30.3 Å². The molecule has 1 aliphatic rings. The SMILES string of the molecule is CC(=O)Nc1ccn([C@@H]2S[C@H](COC(=O)c3ccccc3)[C@@H](OC(=O)c3ccccc3)[C@H]2F)c(=O)n1. The van der Waals surface area contributed by atoms with E-state index in [1.807, 2.05) is 0 Å². The molecule has 4 atom stereocenters. The summed E-state index contributed by atoms with van der Waals surface area (Å²) in [6.45, 7) is 1.01. The topological polar surface area (TPSA) is 117 Å². The Labute approximate surface area is 209 Å². The number of nitrogens with one attached hydrogen (secondary N) is 1. The second-order valence-electron chi connectivity index (χ2n) is 7.89. The lowest BCUT2D eigenvalue weighted by atomic mass is 10.1. The van der Waals surface area contributed by atoms with Gasteiger partial charge < -0.3 is 14.8 Å². The summed E-state index contributed by atoms with van der Waals surface area (Å²) in [4.78, 5) is 52.7. The molecule has 1 N–H and O–H groups in total. The molecule has 2 aromatic carbocycles. The van der Waals surface area contributed by atoms with Crippen molar-refractivity contribution in [1.82, 2.24) is 9.55 Å². The number of carbonyl (C=O) groups excluding carboxylic acids is 3. The van der Waals surface area contributed by atoms with Gasteiger partial charge in [0.1, 0.15) is 17.8 Å². The Morgan fingerprint density at radius 1 is 1.00 bits per heavy atom.